The van der Waals surface area contributed by atoms with Gasteiger partial charge in [0.1, 0.15) is 5.58 Å². The zero-order valence-corrected chi connectivity index (χ0v) is 16.5. The second-order valence-electron chi connectivity index (χ2n) is 7.15. The number of amides is 1. The van der Waals surface area contributed by atoms with Crippen LogP contribution in [0.15, 0.2) is 57.7 Å². The molecular weight excluding hydrogens is 376 g/mol. The quantitative estimate of drug-likeness (QED) is 0.684. The Hall–Kier alpha value is -2.63. The maximum Gasteiger partial charge on any atom is 0.336 e. The summed E-state index contributed by atoms with van der Waals surface area (Å²) in [6, 6.07) is 14.8. The summed E-state index contributed by atoms with van der Waals surface area (Å²) in [7, 11) is 0. The topological polar surface area (TPSA) is 76.5 Å². The third kappa shape index (κ3) is 3.68. The van der Waals surface area contributed by atoms with Crippen molar-refractivity contribution in [1.82, 2.24) is 4.90 Å². The molecule has 3 aromatic rings. The molecule has 5 nitrogen and oxygen atoms in total. The molecule has 1 aromatic heterocycles. The van der Waals surface area contributed by atoms with Gasteiger partial charge >= 0.3 is 5.63 Å². The van der Waals surface area contributed by atoms with Gasteiger partial charge in [0.25, 0.3) is 5.91 Å². The molecule has 2 aromatic carbocycles. The van der Waals surface area contributed by atoms with E-state index in [4.69, 9.17) is 10.2 Å². The van der Waals surface area contributed by atoms with Crippen LogP contribution in [-0.2, 0) is 0 Å². The molecule has 2 N–H and O–H groups in total. The molecular formula is C22H23ClN2O3. The maximum atomic E-state index is 12.8. The molecule has 0 saturated carbocycles. The van der Waals surface area contributed by atoms with Crippen LogP contribution in [0.4, 0.5) is 0 Å². The Kier molecular flexibility index (Phi) is 5.87. The Morgan fingerprint density at radius 3 is 2.68 bits per heavy atom. The molecule has 6 heteroatoms. The maximum absolute atomic E-state index is 12.8. The number of carbonyl (C=O) groups is 1. The molecule has 0 bridgehead atoms. The van der Waals surface area contributed by atoms with E-state index in [1.54, 1.807) is 6.07 Å². The molecule has 28 heavy (non-hydrogen) atoms. The average molecular weight is 399 g/mol. The Balaban J connectivity index is 0.00000225. The molecule has 0 spiro atoms. The number of benzene rings is 2. The van der Waals surface area contributed by atoms with Crippen LogP contribution in [-0.4, -0.2) is 30.4 Å². The number of rotatable bonds is 3. The lowest BCUT2D eigenvalue weighted by atomic mass is 9.97. The Labute approximate surface area is 169 Å². The number of nitrogens with two attached hydrogens (primary N) is 1. The number of carbonyl (C=O) groups excluding carboxylic acids is 1. The summed E-state index contributed by atoms with van der Waals surface area (Å²) in [5.41, 5.74) is 9.15. The Morgan fingerprint density at radius 2 is 1.96 bits per heavy atom. The SMILES string of the molecule is Cc1ccccc1-c1cc(=O)oc2cc(C(=O)N3CCC(CN)C3)ccc12.Cl. The minimum Gasteiger partial charge on any atom is -0.423 e. The molecule has 0 aliphatic carbocycles. The van der Waals surface area contributed by atoms with Gasteiger partial charge in [-0.25, -0.2) is 4.79 Å². The first-order chi connectivity index (χ1) is 13.1. The van der Waals surface area contributed by atoms with Crippen LogP contribution < -0.4 is 11.4 Å². The van der Waals surface area contributed by atoms with Crippen molar-refractivity contribution < 1.29 is 9.21 Å². The summed E-state index contributed by atoms with van der Waals surface area (Å²) >= 11 is 0. The van der Waals surface area contributed by atoms with Crippen LogP contribution in [0.25, 0.3) is 22.1 Å². The van der Waals surface area contributed by atoms with Crippen LogP contribution in [0.3, 0.4) is 0 Å². The van der Waals surface area contributed by atoms with Gasteiger partial charge in [-0.2, -0.15) is 0 Å². The minimum atomic E-state index is -0.422. The molecule has 4 rings (SSSR count). The lowest BCUT2D eigenvalue weighted by molar-refractivity contribution is 0.0787. The van der Waals surface area contributed by atoms with E-state index < -0.39 is 5.63 Å². The average Bonchev–Trinajstić information content (AvgIpc) is 3.16. The van der Waals surface area contributed by atoms with Gasteiger partial charge in [-0.05, 0) is 55.1 Å². The summed E-state index contributed by atoms with van der Waals surface area (Å²) in [4.78, 5) is 26.8. The van der Waals surface area contributed by atoms with E-state index in [9.17, 15) is 9.59 Å². The summed E-state index contributed by atoms with van der Waals surface area (Å²) in [6.07, 6.45) is 0.933. The highest BCUT2D eigenvalue weighted by atomic mass is 35.5. The molecule has 1 aliphatic heterocycles. The summed E-state index contributed by atoms with van der Waals surface area (Å²) in [5, 5.41) is 0.821. The molecule has 0 radical (unpaired) electrons. The Bertz CT molecular complexity index is 1080. The predicted molar refractivity (Wildman–Crippen MR) is 113 cm³/mol. The highest BCUT2D eigenvalue weighted by Gasteiger charge is 2.26. The molecule has 1 aliphatic rings. The lowest BCUT2D eigenvalue weighted by Crippen LogP contribution is -2.29. The van der Waals surface area contributed by atoms with Crippen molar-refractivity contribution in [1.29, 1.82) is 0 Å². The van der Waals surface area contributed by atoms with Crippen molar-refractivity contribution in [3.63, 3.8) is 0 Å². The molecule has 146 valence electrons. The zero-order chi connectivity index (χ0) is 19.0. The van der Waals surface area contributed by atoms with E-state index in [1.165, 1.54) is 6.07 Å². The van der Waals surface area contributed by atoms with Crippen LogP contribution in [0.2, 0.25) is 0 Å². The monoisotopic (exact) mass is 398 g/mol. The first-order valence-electron chi connectivity index (χ1n) is 9.20. The van der Waals surface area contributed by atoms with Crippen molar-refractivity contribution in [3.05, 3.63) is 70.1 Å². The molecule has 1 atom stereocenters. The highest BCUT2D eigenvalue weighted by Crippen LogP contribution is 2.30. The molecule has 1 unspecified atom stereocenters. The van der Waals surface area contributed by atoms with Gasteiger partial charge in [0, 0.05) is 35.7 Å². The summed E-state index contributed by atoms with van der Waals surface area (Å²) in [5.74, 6) is 0.316. The number of fused-ring (bicyclic) bond motifs is 1. The van der Waals surface area contributed by atoms with Crippen LogP contribution >= 0.6 is 12.4 Å². The van der Waals surface area contributed by atoms with E-state index in [1.807, 2.05) is 48.2 Å². The van der Waals surface area contributed by atoms with Crippen LogP contribution in [0.5, 0.6) is 0 Å². The van der Waals surface area contributed by atoms with Gasteiger partial charge in [0.15, 0.2) is 0 Å². The number of nitrogens with zero attached hydrogens (tertiary/aromatic N) is 1. The fraction of sp³-hybridized carbons (Fsp3) is 0.273. The molecule has 1 amide bonds. The number of aryl methyl sites for hydroxylation is 1. The van der Waals surface area contributed by atoms with E-state index in [0.717, 1.165) is 28.5 Å². The van der Waals surface area contributed by atoms with E-state index >= 15 is 0 Å². The van der Waals surface area contributed by atoms with E-state index in [2.05, 4.69) is 0 Å². The number of hydrogen-bond acceptors (Lipinski definition) is 4. The van der Waals surface area contributed by atoms with Crippen LogP contribution in [0, 0.1) is 12.8 Å². The van der Waals surface area contributed by atoms with Crippen molar-refractivity contribution in [2.75, 3.05) is 19.6 Å². The molecule has 2 heterocycles. The third-order valence-corrected chi connectivity index (χ3v) is 5.33. The van der Waals surface area contributed by atoms with E-state index in [0.29, 0.717) is 36.7 Å². The van der Waals surface area contributed by atoms with Crippen molar-refractivity contribution >= 4 is 29.3 Å². The second-order valence-corrected chi connectivity index (χ2v) is 7.15. The van der Waals surface area contributed by atoms with Gasteiger partial charge in [-0.3, -0.25) is 4.79 Å². The molecule has 1 fully saturated rings. The van der Waals surface area contributed by atoms with Crippen LogP contribution in [0.1, 0.15) is 22.3 Å². The van der Waals surface area contributed by atoms with Crippen molar-refractivity contribution in [2.45, 2.75) is 13.3 Å². The van der Waals surface area contributed by atoms with Crippen molar-refractivity contribution in [2.24, 2.45) is 11.7 Å². The van der Waals surface area contributed by atoms with Gasteiger partial charge in [-0.15, -0.1) is 12.4 Å². The fourth-order valence-electron chi connectivity index (χ4n) is 3.79. The fourth-order valence-corrected chi connectivity index (χ4v) is 3.79. The first-order valence-corrected chi connectivity index (χ1v) is 9.20. The van der Waals surface area contributed by atoms with Gasteiger partial charge in [0.2, 0.25) is 0 Å². The van der Waals surface area contributed by atoms with E-state index in [-0.39, 0.29) is 18.3 Å². The lowest BCUT2D eigenvalue weighted by Gasteiger charge is -2.17. The number of hydrogen-bond donors (Lipinski definition) is 1. The summed E-state index contributed by atoms with van der Waals surface area (Å²) in [6.45, 7) is 4.00. The standard InChI is InChI=1S/C22H22N2O3.ClH/c1-14-4-2-3-5-17(14)19-11-21(25)27-20-10-16(6-7-18(19)20)22(26)24-9-8-15(12-23)13-24;/h2-7,10-11,15H,8-9,12-13,23H2,1H3;1H. The smallest absolute Gasteiger partial charge is 0.336 e. The minimum absolute atomic E-state index is 0. The normalized spacial score (nSPS) is 16.2. The number of likely N-dealkylation sites (tertiary alicyclic amines) is 1. The second kappa shape index (κ2) is 8.17. The predicted octanol–water partition coefficient (Wildman–Crippen LogP) is 3.61. The van der Waals surface area contributed by atoms with Crippen molar-refractivity contribution in [3.8, 4) is 11.1 Å². The van der Waals surface area contributed by atoms with Gasteiger partial charge in [0.05, 0.1) is 0 Å². The van der Waals surface area contributed by atoms with Gasteiger partial charge < -0.3 is 15.1 Å². The Morgan fingerprint density at radius 1 is 1.18 bits per heavy atom. The number of halogens is 1. The highest BCUT2D eigenvalue weighted by molar-refractivity contribution is 6.01. The third-order valence-electron chi connectivity index (χ3n) is 5.33. The largest absolute Gasteiger partial charge is 0.423 e. The summed E-state index contributed by atoms with van der Waals surface area (Å²) < 4.78 is 5.41. The van der Waals surface area contributed by atoms with Gasteiger partial charge in [-0.1, -0.05) is 24.3 Å². The zero-order valence-electron chi connectivity index (χ0n) is 15.7. The first kappa shape index (κ1) is 20.1. The molecule has 1 saturated heterocycles.